The highest BCUT2D eigenvalue weighted by Gasteiger charge is 2.14. The highest BCUT2D eigenvalue weighted by atomic mass is 79.9. The van der Waals surface area contributed by atoms with Crippen LogP contribution in [0.25, 0.3) is 16.7 Å². The van der Waals surface area contributed by atoms with Crippen LogP contribution < -0.4 is 0 Å². The number of fused-ring (bicyclic) bond motifs is 1. The van der Waals surface area contributed by atoms with Crippen molar-refractivity contribution >= 4 is 38.6 Å². The number of halogens is 2. The molecule has 0 N–H and O–H groups in total. The third-order valence-electron chi connectivity index (χ3n) is 3.51. The van der Waals surface area contributed by atoms with E-state index in [2.05, 4.69) is 55.6 Å². The van der Waals surface area contributed by atoms with Crippen molar-refractivity contribution in [1.29, 1.82) is 0 Å². The van der Waals surface area contributed by atoms with Gasteiger partial charge in [0.05, 0.1) is 17.4 Å². The van der Waals surface area contributed by atoms with Crippen LogP contribution in [-0.4, -0.2) is 20.4 Å². The molecule has 5 heteroatoms. The zero-order valence-electron chi connectivity index (χ0n) is 11.7. The van der Waals surface area contributed by atoms with Crippen LogP contribution in [0.15, 0.2) is 41.1 Å². The Labute approximate surface area is 137 Å². The van der Waals surface area contributed by atoms with Gasteiger partial charge in [0.1, 0.15) is 11.3 Å². The van der Waals surface area contributed by atoms with Crippen molar-refractivity contribution in [2.24, 2.45) is 0 Å². The molecule has 0 aliphatic rings. The first-order chi connectivity index (χ1) is 10.2. The minimum Gasteiger partial charge on any atom is -0.296 e. The van der Waals surface area contributed by atoms with Gasteiger partial charge in [0.15, 0.2) is 0 Å². The largest absolute Gasteiger partial charge is 0.296 e. The van der Waals surface area contributed by atoms with Gasteiger partial charge >= 0.3 is 0 Å². The molecule has 1 aromatic carbocycles. The van der Waals surface area contributed by atoms with E-state index >= 15 is 0 Å². The van der Waals surface area contributed by atoms with Crippen molar-refractivity contribution in [3.8, 4) is 5.69 Å². The molecule has 0 saturated carbocycles. The summed E-state index contributed by atoms with van der Waals surface area (Å²) >= 11 is 9.49. The summed E-state index contributed by atoms with van der Waals surface area (Å²) in [6.45, 7) is 2.16. The maximum atomic E-state index is 5.95. The highest BCUT2D eigenvalue weighted by Crippen LogP contribution is 2.26. The summed E-state index contributed by atoms with van der Waals surface area (Å²) in [6.07, 6.45) is 5.29. The van der Waals surface area contributed by atoms with Crippen LogP contribution in [0.1, 0.15) is 18.3 Å². The molecule has 0 amide bonds. The monoisotopic (exact) mass is 363 g/mol. The topological polar surface area (TPSA) is 30.7 Å². The highest BCUT2D eigenvalue weighted by molar-refractivity contribution is 9.10. The van der Waals surface area contributed by atoms with Gasteiger partial charge in [0.25, 0.3) is 0 Å². The molecule has 0 saturated heterocycles. The summed E-state index contributed by atoms with van der Waals surface area (Å²) in [5.74, 6) is 1.53. The van der Waals surface area contributed by atoms with Crippen LogP contribution in [0.3, 0.4) is 0 Å². The molecule has 2 aromatic heterocycles. The Bertz CT molecular complexity index is 782. The Morgan fingerprint density at radius 3 is 2.90 bits per heavy atom. The number of rotatable bonds is 4. The Kier molecular flexibility index (Phi) is 4.27. The summed E-state index contributed by atoms with van der Waals surface area (Å²) < 4.78 is 3.29. The van der Waals surface area contributed by atoms with Crippen molar-refractivity contribution in [2.75, 3.05) is 5.88 Å². The third kappa shape index (κ3) is 2.70. The smallest absolute Gasteiger partial charge is 0.115 e. The van der Waals surface area contributed by atoms with Crippen LogP contribution in [0.2, 0.25) is 0 Å². The Morgan fingerprint density at radius 2 is 2.14 bits per heavy atom. The van der Waals surface area contributed by atoms with Gasteiger partial charge < -0.3 is 0 Å². The van der Waals surface area contributed by atoms with Crippen molar-refractivity contribution in [2.45, 2.75) is 19.8 Å². The quantitative estimate of drug-likeness (QED) is 0.637. The first-order valence-corrected chi connectivity index (χ1v) is 8.23. The SMILES string of the molecule is CCc1cc(Br)ccc1-n1c(CCCl)nc2cnccc21. The number of imidazole rings is 1. The van der Waals surface area contributed by atoms with Gasteiger partial charge in [-0.3, -0.25) is 9.55 Å². The van der Waals surface area contributed by atoms with E-state index in [-0.39, 0.29) is 0 Å². The molecule has 108 valence electrons. The summed E-state index contributed by atoms with van der Waals surface area (Å²) in [4.78, 5) is 8.84. The molecule has 0 atom stereocenters. The Morgan fingerprint density at radius 1 is 1.29 bits per heavy atom. The van der Waals surface area contributed by atoms with Gasteiger partial charge in [0, 0.05) is 23.0 Å². The molecule has 3 aromatic rings. The molecule has 0 unspecified atom stereocenters. The molecule has 3 nitrogen and oxygen atoms in total. The van der Waals surface area contributed by atoms with Crippen LogP contribution in [0, 0.1) is 0 Å². The minimum atomic E-state index is 0.550. The Hall–Kier alpha value is -1.39. The predicted octanol–water partition coefficient (Wildman–Crippen LogP) is 4.53. The molecule has 21 heavy (non-hydrogen) atoms. The van der Waals surface area contributed by atoms with Crippen molar-refractivity contribution < 1.29 is 0 Å². The fourth-order valence-electron chi connectivity index (χ4n) is 2.56. The molecule has 3 rings (SSSR count). The number of hydrogen-bond acceptors (Lipinski definition) is 2. The molecule has 0 spiro atoms. The maximum absolute atomic E-state index is 5.95. The molecule has 0 aliphatic carbocycles. The number of aromatic nitrogens is 3. The zero-order valence-corrected chi connectivity index (χ0v) is 14.0. The normalized spacial score (nSPS) is 11.2. The van der Waals surface area contributed by atoms with E-state index in [0.29, 0.717) is 5.88 Å². The molecule has 0 aliphatic heterocycles. The summed E-state index contributed by atoms with van der Waals surface area (Å²) in [7, 11) is 0. The van der Waals surface area contributed by atoms with E-state index in [1.165, 1.54) is 5.56 Å². The fraction of sp³-hybridized carbons (Fsp3) is 0.250. The number of nitrogens with zero attached hydrogens (tertiary/aromatic N) is 3. The van der Waals surface area contributed by atoms with Crippen molar-refractivity contribution in [3.05, 3.63) is 52.5 Å². The van der Waals surface area contributed by atoms with Gasteiger partial charge in [-0.2, -0.15) is 0 Å². The molecular weight excluding hydrogens is 350 g/mol. The number of alkyl halides is 1. The first kappa shape index (κ1) is 14.5. The second-order valence-corrected chi connectivity index (χ2v) is 6.09. The number of benzene rings is 1. The molecule has 2 heterocycles. The lowest BCUT2D eigenvalue weighted by Gasteiger charge is -2.13. The van der Waals surface area contributed by atoms with Crippen molar-refractivity contribution in [1.82, 2.24) is 14.5 Å². The van der Waals surface area contributed by atoms with E-state index in [1.807, 2.05) is 6.07 Å². The average molecular weight is 365 g/mol. The van der Waals surface area contributed by atoms with E-state index in [1.54, 1.807) is 12.4 Å². The fourth-order valence-corrected chi connectivity index (χ4v) is 3.14. The number of pyridine rings is 1. The molecule has 0 radical (unpaired) electrons. The summed E-state index contributed by atoms with van der Waals surface area (Å²) in [5.41, 5.74) is 4.41. The van der Waals surface area contributed by atoms with E-state index < -0.39 is 0 Å². The van der Waals surface area contributed by atoms with Crippen molar-refractivity contribution in [3.63, 3.8) is 0 Å². The molecule has 0 fully saturated rings. The summed E-state index contributed by atoms with van der Waals surface area (Å²) in [6, 6.07) is 8.35. The van der Waals surface area contributed by atoms with Gasteiger partial charge in [-0.05, 0) is 36.2 Å². The maximum Gasteiger partial charge on any atom is 0.115 e. The zero-order chi connectivity index (χ0) is 14.8. The standard InChI is InChI=1S/C16H15BrClN3/c1-2-11-9-12(17)3-4-14(11)21-15-6-8-19-10-13(15)20-16(21)5-7-18/h3-4,6,8-10H,2,5,7H2,1H3. The van der Waals surface area contributed by atoms with Crippen LogP contribution in [-0.2, 0) is 12.8 Å². The van der Waals surface area contributed by atoms with Crippen LogP contribution >= 0.6 is 27.5 Å². The lowest BCUT2D eigenvalue weighted by Crippen LogP contribution is -2.05. The van der Waals surface area contributed by atoms with E-state index in [9.17, 15) is 0 Å². The molecule has 0 bridgehead atoms. The van der Waals surface area contributed by atoms with Gasteiger partial charge in [-0.25, -0.2) is 4.98 Å². The second kappa shape index (κ2) is 6.16. The van der Waals surface area contributed by atoms with Gasteiger partial charge in [0.2, 0.25) is 0 Å². The summed E-state index contributed by atoms with van der Waals surface area (Å²) in [5, 5.41) is 0. The van der Waals surface area contributed by atoms with Gasteiger partial charge in [-0.15, -0.1) is 11.6 Å². The average Bonchev–Trinajstić information content (AvgIpc) is 2.85. The minimum absolute atomic E-state index is 0.550. The predicted molar refractivity (Wildman–Crippen MR) is 90.4 cm³/mol. The van der Waals surface area contributed by atoms with Gasteiger partial charge in [-0.1, -0.05) is 22.9 Å². The number of hydrogen-bond donors (Lipinski definition) is 0. The Balaban J connectivity index is 2.30. The van der Waals surface area contributed by atoms with E-state index in [4.69, 9.17) is 11.6 Å². The lowest BCUT2D eigenvalue weighted by molar-refractivity contribution is 0.898. The first-order valence-electron chi connectivity index (χ1n) is 6.90. The van der Waals surface area contributed by atoms with Crippen LogP contribution in [0.5, 0.6) is 0 Å². The lowest BCUT2D eigenvalue weighted by atomic mass is 10.1. The number of aryl methyl sites for hydroxylation is 2. The third-order valence-corrected chi connectivity index (χ3v) is 4.19. The van der Waals surface area contributed by atoms with E-state index in [0.717, 1.165) is 39.9 Å². The second-order valence-electron chi connectivity index (χ2n) is 4.79. The molecular formula is C16H15BrClN3. The van der Waals surface area contributed by atoms with Crippen LogP contribution in [0.4, 0.5) is 0 Å².